The molecule has 0 radical (unpaired) electrons. The van der Waals surface area contributed by atoms with Crippen LogP contribution in [0.1, 0.15) is 38.1 Å². The predicted molar refractivity (Wildman–Crippen MR) is 72.4 cm³/mol. The molecule has 0 aromatic carbocycles. The van der Waals surface area contributed by atoms with Crippen LogP contribution in [0, 0.1) is 0 Å². The third kappa shape index (κ3) is 5.64. The van der Waals surface area contributed by atoms with Crippen molar-refractivity contribution < 1.29 is 9.47 Å². The molecule has 1 rings (SSSR count). The summed E-state index contributed by atoms with van der Waals surface area (Å²) >= 11 is 1.79. The van der Waals surface area contributed by atoms with Crippen LogP contribution in [0.5, 0.6) is 0 Å². The van der Waals surface area contributed by atoms with E-state index < -0.39 is 0 Å². The van der Waals surface area contributed by atoms with Crippen molar-refractivity contribution in [2.45, 2.75) is 39.5 Å². The number of ether oxygens (including phenoxy) is 2. The second-order valence-corrected chi connectivity index (χ2v) is 4.80. The van der Waals surface area contributed by atoms with Crippen molar-refractivity contribution in [3.8, 4) is 0 Å². The Bertz CT molecular complexity index is 271. The number of hydrogen-bond donors (Lipinski definition) is 1. The third-order valence-corrected chi connectivity index (χ3v) is 3.56. The summed E-state index contributed by atoms with van der Waals surface area (Å²) in [5.74, 6) is 0. The zero-order valence-electron chi connectivity index (χ0n) is 10.9. The smallest absolute Gasteiger partial charge is 0.158 e. The zero-order valence-corrected chi connectivity index (χ0v) is 11.8. The fourth-order valence-electron chi connectivity index (χ4n) is 1.64. The van der Waals surface area contributed by atoms with Crippen molar-refractivity contribution in [2.75, 3.05) is 19.8 Å². The van der Waals surface area contributed by atoms with E-state index in [-0.39, 0.29) is 6.29 Å². The van der Waals surface area contributed by atoms with Crippen LogP contribution in [-0.4, -0.2) is 26.0 Å². The van der Waals surface area contributed by atoms with Crippen molar-refractivity contribution >= 4 is 11.3 Å². The van der Waals surface area contributed by atoms with Gasteiger partial charge in [-0.15, -0.1) is 11.3 Å². The van der Waals surface area contributed by atoms with E-state index in [0.717, 1.165) is 13.0 Å². The lowest BCUT2D eigenvalue weighted by atomic mass is 10.2. The first-order chi connectivity index (χ1) is 8.27. The number of thiophene rings is 1. The van der Waals surface area contributed by atoms with Gasteiger partial charge < -0.3 is 14.8 Å². The van der Waals surface area contributed by atoms with Crippen molar-refractivity contribution in [1.82, 2.24) is 5.32 Å². The molecule has 4 heteroatoms. The molecule has 1 atom stereocenters. The fraction of sp³-hybridized carbons (Fsp3) is 0.692. The third-order valence-electron chi connectivity index (χ3n) is 2.51. The Labute approximate surface area is 108 Å². The van der Waals surface area contributed by atoms with Gasteiger partial charge in [-0.25, -0.2) is 0 Å². The van der Waals surface area contributed by atoms with Crippen LogP contribution in [-0.2, 0) is 9.47 Å². The highest BCUT2D eigenvalue weighted by molar-refractivity contribution is 7.10. The molecule has 1 heterocycles. The van der Waals surface area contributed by atoms with Gasteiger partial charge in [0.15, 0.2) is 6.29 Å². The SMILES string of the molecule is CCOC(CCNC(C)c1cccs1)OCC. The Morgan fingerprint density at radius 3 is 2.53 bits per heavy atom. The lowest BCUT2D eigenvalue weighted by Gasteiger charge is -2.18. The lowest BCUT2D eigenvalue weighted by molar-refractivity contribution is -0.138. The minimum Gasteiger partial charge on any atom is -0.353 e. The molecule has 0 aliphatic heterocycles. The summed E-state index contributed by atoms with van der Waals surface area (Å²) < 4.78 is 11.0. The summed E-state index contributed by atoms with van der Waals surface area (Å²) in [7, 11) is 0. The lowest BCUT2D eigenvalue weighted by Crippen LogP contribution is -2.26. The fourth-order valence-corrected chi connectivity index (χ4v) is 2.40. The molecule has 0 bridgehead atoms. The van der Waals surface area contributed by atoms with Gasteiger partial charge in [-0.3, -0.25) is 0 Å². The average molecular weight is 257 g/mol. The number of nitrogens with one attached hydrogen (secondary N) is 1. The van der Waals surface area contributed by atoms with Crippen LogP contribution in [0.2, 0.25) is 0 Å². The molecule has 0 saturated heterocycles. The molecule has 0 fully saturated rings. The van der Waals surface area contributed by atoms with Gasteiger partial charge in [0.05, 0.1) is 0 Å². The quantitative estimate of drug-likeness (QED) is 0.689. The van der Waals surface area contributed by atoms with E-state index in [4.69, 9.17) is 9.47 Å². The van der Waals surface area contributed by atoms with Gasteiger partial charge in [0.2, 0.25) is 0 Å². The monoisotopic (exact) mass is 257 g/mol. The van der Waals surface area contributed by atoms with Gasteiger partial charge in [-0.05, 0) is 32.2 Å². The molecule has 1 unspecified atom stereocenters. The van der Waals surface area contributed by atoms with Crippen LogP contribution < -0.4 is 5.32 Å². The highest BCUT2D eigenvalue weighted by atomic mass is 32.1. The van der Waals surface area contributed by atoms with Crippen LogP contribution in [0.15, 0.2) is 17.5 Å². The molecule has 1 N–H and O–H groups in total. The van der Waals surface area contributed by atoms with Crippen LogP contribution in [0.25, 0.3) is 0 Å². The van der Waals surface area contributed by atoms with Gasteiger partial charge in [0, 0.05) is 37.1 Å². The van der Waals surface area contributed by atoms with Crippen molar-refractivity contribution in [2.24, 2.45) is 0 Å². The summed E-state index contributed by atoms with van der Waals surface area (Å²) in [5, 5.41) is 5.59. The average Bonchev–Trinajstić information content (AvgIpc) is 2.83. The normalized spacial score (nSPS) is 13.2. The first-order valence-electron chi connectivity index (χ1n) is 6.27. The Morgan fingerprint density at radius 2 is 2.00 bits per heavy atom. The molecule has 98 valence electrons. The van der Waals surface area contributed by atoms with Crippen molar-refractivity contribution in [3.05, 3.63) is 22.4 Å². The number of rotatable bonds is 9. The Morgan fingerprint density at radius 1 is 1.29 bits per heavy atom. The van der Waals surface area contributed by atoms with Crippen LogP contribution >= 0.6 is 11.3 Å². The summed E-state index contributed by atoms with van der Waals surface area (Å²) in [6.45, 7) is 8.48. The molecule has 17 heavy (non-hydrogen) atoms. The summed E-state index contributed by atoms with van der Waals surface area (Å²) in [6, 6.07) is 4.64. The minimum atomic E-state index is -0.0759. The molecule has 3 nitrogen and oxygen atoms in total. The van der Waals surface area contributed by atoms with E-state index >= 15 is 0 Å². The molecule has 1 aromatic heterocycles. The van der Waals surface area contributed by atoms with E-state index in [0.29, 0.717) is 19.3 Å². The standard InChI is InChI=1S/C13H23NO2S/c1-4-15-13(16-5-2)8-9-14-11(3)12-7-6-10-17-12/h6-7,10-11,13-14H,4-5,8-9H2,1-3H3. The zero-order chi connectivity index (χ0) is 12.5. The molecule has 0 saturated carbocycles. The van der Waals surface area contributed by atoms with Crippen molar-refractivity contribution in [3.63, 3.8) is 0 Å². The second kappa shape index (κ2) is 8.64. The number of hydrogen-bond acceptors (Lipinski definition) is 4. The molecular formula is C13H23NO2S. The van der Waals surface area contributed by atoms with E-state index in [1.54, 1.807) is 11.3 Å². The predicted octanol–water partition coefficient (Wildman–Crippen LogP) is 3.19. The molecule has 0 amide bonds. The topological polar surface area (TPSA) is 30.5 Å². The summed E-state index contributed by atoms with van der Waals surface area (Å²) in [6.07, 6.45) is 0.810. The van der Waals surface area contributed by atoms with Gasteiger partial charge in [-0.2, -0.15) is 0 Å². The molecular weight excluding hydrogens is 234 g/mol. The highest BCUT2D eigenvalue weighted by Crippen LogP contribution is 2.17. The van der Waals surface area contributed by atoms with Gasteiger partial charge >= 0.3 is 0 Å². The van der Waals surface area contributed by atoms with Crippen LogP contribution in [0.3, 0.4) is 0 Å². The summed E-state index contributed by atoms with van der Waals surface area (Å²) in [5.41, 5.74) is 0. The van der Waals surface area contributed by atoms with E-state index in [1.807, 2.05) is 13.8 Å². The maximum absolute atomic E-state index is 5.50. The molecule has 0 aliphatic rings. The maximum Gasteiger partial charge on any atom is 0.158 e. The van der Waals surface area contributed by atoms with E-state index in [2.05, 4.69) is 29.8 Å². The minimum absolute atomic E-state index is 0.0759. The molecule has 0 spiro atoms. The second-order valence-electron chi connectivity index (χ2n) is 3.82. The van der Waals surface area contributed by atoms with Gasteiger partial charge in [-0.1, -0.05) is 6.07 Å². The Hall–Kier alpha value is -0.420. The van der Waals surface area contributed by atoms with Crippen LogP contribution in [0.4, 0.5) is 0 Å². The Kier molecular flexibility index (Phi) is 7.44. The summed E-state index contributed by atoms with van der Waals surface area (Å²) in [4.78, 5) is 1.37. The first-order valence-corrected chi connectivity index (χ1v) is 7.15. The molecule has 0 aliphatic carbocycles. The first kappa shape index (κ1) is 14.6. The van der Waals surface area contributed by atoms with Gasteiger partial charge in [0.1, 0.15) is 0 Å². The highest BCUT2D eigenvalue weighted by Gasteiger charge is 2.09. The van der Waals surface area contributed by atoms with Gasteiger partial charge in [0.25, 0.3) is 0 Å². The molecule has 1 aromatic rings. The van der Waals surface area contributed by atoms with E-state index in [1.165, 1.54) is 4.88 Å². The Balaban J connectivity index is 2.21. The van der Waals surface area contributed by atoms with Crippen molar-refractivity contribution in [1.29, 1.82) is 0 Å². The maximum atomic E-state index is 5.50. The largest absolute Gasteiger partial charge is 0.353 e. The van der Waals surface area contributed by atoms with E-state index in [9.17, 15) is 0 Å².